The number of aliphatic hydroxyl groups excluding tert-OH is 2. The minimum absolute atomic E-state index is 0.0385. The van der Waals surface area contributed by atoms with Crippen molar-refractivity contribution in [3.8, 4) is 11.3 Å². The molecule has 15 heteroatoms. The van der Waals surface area contributed by atoms with Gasteiger partial charge in [-0.15, -0.1) is 5.10 Å². The van der Waals surface area contributed by atoms with Crippen LogP contribution in [0.3, 0.4) is 0 Å². The van der Waals surface area contributed by atoms with Crippen molar-refractivity contribution in [3.63, 3.8) is 0 Å². The van der Waals surface area contributed by atoms with Gasteiger partial charge in [0, 0.05) is 44.0 Å². The third-order valence-electron chi connectivity index (χ3n) is 8.29. The Hall–Kier alpha value is -3.27. The topological polar surface area (TPSA) is 141 Å². The standard InChI is InChI=1S/C30H40F3N5O7/c1-5-42-28-23(13-18-12-21(35-45-18)16-6-8-37(9-7-16)29(41)44-30(2,3)4)43-24(15-39)27(40)26(28)38-14-22(34-36-38)17-10-19(31)25(33)20(32)11-17/h10-11,14,16,18,23-24,26-28,39-40H,5-9,12-13,15H2,1-4H3/t18?,23-,24-,26+,27+,28+/m1/s1. The Morgan fingerprint density at radius 3 is 2.44 bits per heavy atom. The normalized spacial score (nSPS) is 27.8. The highest BCUT2D eigenvalue weighted by Crippen LogP contribution is 2.37. The molecule has 0 bridgehead atoms. The molecule has 0 aliphatic carbocycles. The van der Waals surface area contributed by atoms with Gasteiger partial charge >= 0.3 is 6.09 Å². The number of hydrogen-bond acceptors (Lipinski definition) is 10. The van der Waals surface area contributed by atoms with Crippen molar-refractivity contribution < 1.29 is 47.2 Å². The number of likely N-dealkylation sites (tertiary alicyclic amines) is 1. The van der Waals surface area contributed by atoms with Gasteiger partial charge in [-0.1, -0.05) is 10.4 Å². The van der Waals surface area contributed by atoms with Crippen LogP contribution in [0.1, 0.15) is 59.4 Å². The number of rotatable bonds is 8. The van der Waals surface area contributed by atoms with Gasteiger partial charge in [0.05, 0.1) is 24.6 Å². The molecule has 12 nitrogen and oxygen atoms in total. The summed E-state index contributed by atoms with van der Waals surface area (Å²) in [6.45, 7) is 8.16. The number of carbonyl (C=O) groups excluding carboxylic acids is 1. The molecule has 1 aromatic carbocycles. The predicted octanol–water partition coefficient (Wildman–Crippen LogP) is 3.61. The van der Waals surface area contributed by atoms with Crippen molar-refractivity contribution in [1.29, 1.82) is 0 Å². The van der Waals surface area contributed by atoms with E-state index in [9.17, 15) is 28.2 Å². The van der Waals surface area contributed by atoms with Crippen LogP contribution in [-0.4, -0.2) is 104 Å². The number of amides is 1. The number of benzene rings is 1. The quantitative estimate of drug-likeness (QED) is 0.415. The summed E-state index contributed by atoms with van der Waals surface area (Å²) in [7, 11) is 0. The molecule has 45 heavy (non-hydrogen) atoms. The van der Waals surface area contributed by atoms with E-state index in [1.165, 1.54) is 10.9 Å². The van der Waals surface area contributed by atoms with Gasteiger partial charge in [0.2, 0.25) is 0 Å². The maximum Gasteiger partial charge on any atom is 0.410 e. The molecule has 1 unspecified atom stereocenters. The summed E-state index contributed by atoms with van der Waals surface area (Å²) in [6, 6.07) is 0.725. The Morgan fingerprint density at radius 1 is 1.13 bits per heavy atom. The number of nitrogens with zero attached hydrogens (tertiary/aromatic N) is 5. The highest BCUT2D eigenvalue weighted by Gasteiger charge is 2.48. The predicted molar refractivity (Wildman–Crippen MR) is 154 cm³/mol. The second-order valence-electron chi connectivity index (χ2n) is 12.6. The van der Waals surface area contributed by atoms with Gasteiger partial charge in [0.25, 0.3) is 0 Å². The number of aliphatic hydroxyl groups is 2. The van der Waals surface area contributed by atoms with Gasteiger partial charge in [0.15, 0.2) is 17.5 Å². The number of hydrogen-bond donors (Lipinski definition) is 2. The van der Waals surface area contributed by atoms with Crippen LogP contribution in [0.25, 0.3) is 11.3 Å². The Morgan fingerprint density at radius 2 is 1.82 bits per heavy atom. The minimum Gasteiger partial charge on any atom is -0.444 e. The van der Waals surface area contributed by atoms with Gasteiger partial charge < -0.3 is 34.2 Å². The fourth-order valence-corrected chi connectivity index (χ4v) is 6.12. The average Bonchev–Trinajstić information content (AvgIpc) is 3.67. The molecule has 1 aromatic heterocycles. The number of piperidine rings is 1. The molecule has 2 saturated heterocycles. The van der Waals surface area contributed by atoms with Crippen LogP contribution < -0.4 is 0 Å². The van der Waals surface area contributed by atoms with Gasteiger partial charge in [-0.25, -0.2) is 22.6 Å². The Bertz CT molecular complexity index is 1350. The Balaban J connectivity index is 1.26. The van der Waals surface area contributed by atoms with E-state index >= 15 is 0 Å². The summed E-state index contributed by atoms with van der Waals surface area (Å²) < 4.78 is 60.2. The second-order valence-corrected chi connectivity index (χ2v) is 12.6. The van der Waals surface area contributed by atoms with Crippen molar-refractivity contribution in [2.75, 3.05) is 26.3 Å². The number of ether oxygens (including phenoxy) is 3. The summed E-state index contributed by atoms with van der Waals surface area (Å²) in [5, 5.41) is 33.7. The molecule has 1 amide bonds. The SMILES string of the molecule is CCO[C@@H]1[C@@H](n2cc(-c3cc(F)c(F)c(F)c3)nn2)[C@@H](O)[C@@H](CO)O[C@@H]1CC1CC(C2CCN(C(=O)OC(C)(C)C)CC2)=NO1. The molecule has 2 N–H and O–H groups in total. The Labute approximate surface area is 259 Å². The van der Waals surface area contributed by atoms with E-state index in [-0.39, 0.29) is 36.0 Å². The first-order chi connectivity index (χ1) is 21.4. The van der Waals surface area contributed by atoms with Gasteiger partial charge in [-0.2, -0.15) is 0 Å². The second kappa shape index (κ2) is 13.6. The van der Waals surface area contributed by atoms with E-state index < -0.39 is 60.1 Å². The van der Waals surface area contributed by atoms with Gasteiger partial charge in [-0.05, 0) is 52.7 Å². The minimum atomic E-state index is -1.59. The molecule has 2 fully saturated rings. The zero-order valence-electron chi connectivity index (χ0n) is 25.7. The molecule has 0 radical (unpaired) electrons. The molecular weight excluding hydrogens is 599 g/mol. The van der Waals surface area contributed by atoms with Crippen molar-refractivity contribution in [2.45, 2.75) is 95.5 Å². The zero-order valence-corrected chi connectivity index (χ0v) is 25.7. The van der Waals surface area contributed by atoms with E-state index in [1.54, 1.807) is 11.8 Å². The number of oxime groups is 1. The third kappa shape index (κ3) is 7.42. The van der Waals surface area contributed by atoms with Crippen molar-refractivity contribution in [2.24, 2.45) is 11.1 Å². The molecule has 3 aliphatic rings. The maximum absolute atomic E-state index is 13.9. The highest BCUT2D eigenvalue weighted by molar-refractivity contribution is 5.88. The summed E-state index contributed by atoms with van der Waals surface area (Å²) >= 11 is 0. The Kier molecular flexibility index (Phi) is 10.0. The van der Waals surface area contributed by atoms with Crippen LogP contribution in [-0.2, 0) is 19.0 Å². The van der Waals surface area contributed by atoms with E-state index in [4.69, 9.17) is 19.0 Å². The van der Waals surface area contributed by atoms with Crippen LogP contribution >= 0.6 is 0 Å². The summed E-state index contributed by atoms with van der Waals surface area (Å²) in [4.78, 5) is 20.0. The van der Waals surface area contributed by atoms with Crippen molar-refractivity contribution in [3.05, 3.63) is 35.8 Å². The first-order valence-corrected chi connectivity index (χ1v) is 15.2. The molecule has 6 atom stereocenters. The molecular formula is C30H40F3N5O7. The van der Waals surface area contributed by atoms with Crippen LogP contribution in [0.2, 0.25) is 0 Å². The molecule has 0 spiro atoms. The summed E-state index contributed by atoms with van der Waals surface area (Å²) in [5.41, 5.74) is 0.354. The smallest absolute Gasteiger partial charge is 0.410 e. The molecule has 3 aliphatic heterocycles. The van der Waals surface area contributed by atoms with E-state index in [0.29, 0.717) is 25.9 Å². The maximum atomic E-state index is 13.9. The number of halogens is 3. The summed E-state index contributed by atoms with van der Waals surface area (Å²) in [5.74, 6) is -4.18. The lowest BCUT2D eigenvalue weighted by Crippen LogP contribution is -2.57. The summed E-state index contributed by atoms with van der Waals surface area (Å²) in [6.07, 6.45) is -0.679. The van der Waals surface area contributed by atoms with E-state index in [1.807, 2.05) is 20.8 Å². The molecule has 2 aromatic rings. The van der Waals surface area contributed by atoms with E-state index in [2.05, 4.69) is 15.5 Å². The van der Waals surface area contributed by atoms with Crippen LogP contribution in [0.4, 0.5) is 18.0 Å². The molecule has 248 valence electrons. The monoisotopic (exact) mass is 639 g/mol. The van der Waals surface area contributed by atoms with Gasteiger partial charge in [-0.3, -0.25) is 0 Å². The van der Waals surface area contributed by atoms with Gasteiger partial charge in [0.1, 0.15) is 41.8 Å². The third-order valence-corrected chi connectivity index (χ3v) is 8.29. The average molecular weight is 640 g/mol. The van der Waals surface area contributed by atoms with Crippen LogP contribution in [0, 0.1) is 23.4 Å². The lowest BCUT2D eigenvalue weighted by atomic mass is 9.86. The molecule has 0 saturated carbocycles. The highest BCUT2D eigenvalue weighted by atomic mass is 19.2. The van der Waals surface area contributed by atoms with Crippen LogP contribution in [0.5, 0.6) is 0 Å². The fourth-order valence-electron chi connectivity index (χ4n) is 6.12. The van der Waals surface area contributed by atoms with E-state index in [0.717, 1.165) is 30.7 Å². The first-order valence-electron chi connectivity index (χ1n) is 15.2. The zero-order chi connectivity index (χ0) is 32.5. The molecule has 4 heterocycles. The first kappa shape index (κ1) is 33.1. The molecule has 5 rings (SSSR count). The largest absolute Gasteiger partial charge is 0.444 e. The van der Waals surface area contributed by atoms with Crippen molar-refractivity contribution >= 4 is 11.8 Å². The fraction of sp³-hybridized carbons (Fsp3) is 0.667. The lowest BCUT2D eigenvalue weighted by molar-refractivity contribution is -0.224. The number of aromatic nitrogens is 3. The number of carbonyl (C=O) groups is 1. The van der Waals surface area contributed by atoms with Crippen molar-refractivity contribution in [1.82, 2.24) is 19.9 Å². The lowest BCUT2D eigenvalue weighted by Gasteiger charge is -2.44. The van der Waals surface area contributed by atoms with Crippen LogP contribution in [0.15, 0.2) is 23.5 Å².